The third-order valence-corrected chi connectivity index (χ3v) is 7.99. The van der Waals surface area contributed by atoms with Gasteiger partial charge in [-0.3, -0.25) is 9.36 Å². The average Bonchev–Trinajstić information content (AvgIpc) is 3.19. The van der Waals surface area contributed by atoms with Gasteiger partial charge >= 0.3 is 5.97 Å². The number of fused-ring (bicyclic) bond motifs is 1. The van der Waals surface area contributed by atoms with Crippen LogP contribution in [0.4, 0.5) is 5.69 Å². The molecule has 0 saturated carbocycles. The summed E-state index contributed by atoms with van der Waals surface area (Å²) in [6, 6.07) is 15.6. The van der Waals surface area contributed by atoms with E-state index in [2.05, 4.69) is 35.9 Å². The number of ether oxygens (including phenoxy) is 1. The van der Waals surface area contributed by atoms with E-state index in [4.69, 9.17) is 4.74 Å². The molecule has 8 heteroatoms. The number of esters is 1. The van der Waals surface area contributed by atoms with Gasteiger partial charge in [-0.25, -0.2) is 9.79 Å². The van der Waals surface area contributed by atoms with Crippen LogP contribution in [-0.4, -0.2) is 36.5 Å². The van der Waals surface area contributed by atoms with E-state index < -0.39 is 12.0 Å². The first kappa shape index (κ1) is 26.0. The molecule has 1 aliphatic rings. The fourth-order valence-corrected chi connectivity index (χ4v) is 5.87. The lowest BCUT2D eigenvalue weighted by molar-refractivity contribution is -0.139. The second-order valence-corrected chi connectivity index (χ2v) is 10.2. The smallest absolute Gasteiger partial charge is 0.338 e. The molecule has 1 aliphatic heterocycles. The summed E-state index contributed by atoms with van der Waals surface area (Å²) in [6.45, 7) is 9.98. The first-order valence-electron chi connectivity index (χ1n) is 12.1. The Bertz CT molecular complexity index is 1450. The number of carbonyl (C=O) groups excluding carboxylic acids is 1. The number of allylic oxidation sites excluding steroid dienone is 1. The first-order valence-corrected chi connectivity index (χ1v) is 14.1. The molecule has 6 nitrogen and oxygen atoms in total. The summed E-state index contributed by atoms with van der Waals surface area (Å²) in [7, 11) is 0. The van der Waals surface area contributed by atoms with Crippen LogP contribution in [0.3, 0.4) is 0 Å². The third-order valence-electron chi connectivity index (χ3n) is 6.27. The van der Waals surface area contributed by atoms with Gasteiger partial charge in [-0.05, 0) is 75.4 Å². The second-order valence-electron chi connectivity index (χ2n) is 8.34. The van der Waals surface area contributed by atoms with Crippen LogP contribution in [0, 0.1) is 0 Å². The Labute approximate surface area is 219 Å². The molecule has 188 valence electrons. The van der Waals surface area contributed by atoms with Gasteiger partial charge in [0.05, 0.1) is 28.5 Å². The molecule has 1 unspecified atom stereocenters. The number of anilines is 1. The van der Waals surface area contributed by atoms with Gasteiger partial charge in [-0.15, -0.1) is 11.8 Å². The van der Waals surface area contributed by atoms with Gasteiger partial charge in [-0.2, -0.15) is 0 Å². The van der Waals surface area contributed by atoms with Crippen molar-refractivity contribution in [2.45, 2.75) is 38.6 Å². The van der Waals surface area contributed by atoms with E-state index in [0.717, 1.165) is 34.8 Å². The maximum atomic E-state index is 13.7. The number of carbonyl (C=O) groups is 1. The number of rotatable bonds is 8. The Morgan fingerprint density at radius 1 is 1.11 bits per heavy atom. The zero-order valence-electron chi connectivity index (χ0n) is 21.3. The van der Waals surface area contributed by atoms with E-state index in [-0.39, 0.29) is 12.2 Å². The zero-order chi connectivity index (χ0) is 25.8. The zero-order valence-corrected chi connectivity index (χ0v) is 22.9. The molecule has 36 heavy (non-hydrogen) atoms. The minimum absolute atomic E-state index is 0.167. The number of hydrogen-bond acceptors (Lipinski definition) is 7. The van der Waals surface area contributed by atoms with Crippen molar-refractivity contribution in [3.63, 3.8) is 0 Å². The molecule has 4 rings (SSSR count). The van der Waals surface area contributed by atoms with E-state index in [0.29, 0.717) is 20.6 Å². The van der Waals surface area contributed by atoms with Crippen molar-refractivity contribution in [2.75, 3.05) is 30.9 Å². The van der Waals surface area contributed by atoms with Crippen LogP contribution in [0.5, 0.6) is 0 Å². The van der Waals surface area contributed by atoms with Crippen LogP contribution in [0.25, 0.3) is 6.08 Å². The summed E-state index contributed by atoms with van der Waals surface area (Å²) < 4.78 is 7.58. The van der Waals surface area contributed by atoms with Crippen molar-refractivity contribution in [3.05, 3.63) is 90.6 Å². The molecule has 2 aromatic carbocycles. The highest BCUT2D eigenvalue weighted by Gasteiger charge is 2.33. The molecule has 0 spiro atoms. The lowest BCUT2D eigenvalue weighted by Gasteiger charge is -2.24. The summed E-state index contributed by atoms with van der Waals surface area (Å²) in [5.74, 6) is -0.445. The van der Waals surface area contributed by atoms with Crippen LogP contribution >= 0.6 is 23.1 Å². The van der Waals surface area contributed by atoms with Crippen LogP contribution in [0.2, 0.25) is 0 Å². The lowest BCUT2D eigenvalue weighted by atomic mass is 9.96. The third kappa shape index (κ3) is 5.06. The van der Waals surface area contributed by atoms with Crippen LogP contribution in [0.15, 0.2) is 74.5 Å². The average molecular weight is 522 g/mol. The number of nitrogens with zero attached hydrogens (tertiary/aromatic N) is 3. The Morgan fingerprint density at radius 3 is 2.36 bits per heavy atom. The Kier molecular flexibility index (Phi) is 8.16. The van der Waals surface area contributed by atoms with Crippen molar-refractivity contribution in [3.8, 4) is 0 Å². The molecule has 0 saturated heterocycles. The topological polar surface area (TPSA) is 63.9 Å². The largest absolute Gasteiger partial charge is 0.463 e. The van der Waals surface area contributed by atoms with E-state index in [1.807, 2.05) is 48.7 Å². The predicted molar refractivity (Wildman–Crippen MR) is 149 cm³/mol. The maximum Gasteiger partial charge on any atom is 0.338 e. The van der Waals surface area contributed by atoms with Crippen molar-refractivity contribution < 1.29 is 9.53 Å². The molecule has 0 amide bonds. The van der Waals surface area contributed by atoms with Crippen LogP contribution < -0.4 is 19.8 Å². The van der Waals surface area contributed by atoms with Gasteiger partial charge in [-0.1, -0.05) is 35.6 Å². The molecule has 0 aliphatic carbocycles. The molecule has 3 aromatic rings. The van der Waals surface area contributed by atoms with Gasteiger partial charge in [0.25, 0.3) is 5.56 Å². The molecule has 0 bridgehead atoms. The number of thiazole rings is 1. The summed E-state index contributed by atoms with van der Waals surface area (Å²) >= 11 is 2.98. The molecule has 1 aromatic heterocycles. The van der Waals surface area contributed by atoms with E-state index in [1.165, 1.54) is 11.3 Å². The van der Waals surface area contributed by atoms with E-state index in [9.17, 15) is 9.59 Å². The second kappa shape index (κ2) is 11.3. The van der Waals surface area contributed by atoms with Crippen molar-refractivity contribution in [2.24, 2.45) is 4.99 Å². The number of aromatic nitrogens is 1. The van der Waals surface area contributed by atoms with Gasteiger partial charge in [0.1, 0.15) is 0 Å². The molecule has 0 N–H and O–H groups in total. The lowest BCUT2D eigenvalue weighted by Crippen LogP contribution is -2.39. The van der Waals surface area contributed by atoms with Crippen LogP contribution in [-0.2, 0) is 9.53 Å². The first-order chi connectivity index (χ1) is 17.4. The summed E-state index contributed by atoms with van der Waals surface area (Å²) in [5.41, 5.74) is 3.75. The molecule has 0 fully saturated rings. The minimum atomic E-state index is -0.594. The SMILES string of the molecule is CCOC(=O)C1=C(C)N=c2s/c(=C\c3ccc(N(CC)CC)cc3)c(=O)n2C1c1ccc(SC)cc1. The normalized spacial score (nSPS) is 15.5. The summed E-state index contributed by atoms with van der Waals surface area (Å²) in [4.78, 5) is 35.3. The van der Waals surface area contributed by atoms with Crippen molar-refractivity contribution >= 4 is 40.8 Å². The van der Waals surface area contributed by atoms with Gasteiger partial charge < -0.3 is 9.64 Å². The maximum absolute atomic E-state index is 13.7. The molecule has 2 heterocycles. The summed E-state index contributed by atoms with van der Waals surface area (Å²) in [5, 5.41) is 0. The summed E-state index contributed by atoms with van der Waals surface area (Å²) in [6.07, 6.45) is 3.91. The predicted octanol–water partition coefficient (Wildman–Crippen LogP) is 4.37. The quantitative estimate of drug-likeness (QED) is 0.326. The highest BCUT2D eigenvalue weighted by Crippen LogP contribution is 2.31. The monoisotopic (exact) mass is 521 g/mol. The molecule has 0 radical (unpaired) electrons. The van der Waals surface area contributed by atoms with Gasteiger partial charge in [0.2, 0.25) is 0 Å². The van der Waals surface area contributed by atoms with Crippen LogP contribution in [0.1, 0.15) is 44.9 Å². The highest BCUT2D eigenvalue weighted by molar-refractivity contribution is 7.98. The highest BCUT2D eigenvalue weighted by atomic mass is 32.2. The number of thioether (sulfide) groups is 1. The molecule has 1 atom stereocenters. The van der Waals surface area contributed by atoms with Gasteiger partial charge in [0.15, 0.2) is 4.80 Å². The molecular weight excluding hydrogens is 490 g/mol. The standard InChI is InChI=1S/C28H31N3O3S2/c1-6-30(7-2)21-13-9-19(10-14-21)17-23-26(32)31-25(20-11-15-22(35-5)16-12-20)24(27(33)34-8-3)18(4)29-28(31)36-23/h9-17,25H,6-8H2,1-5H3/b23-17-. The van der Waals surface area contributed by atoms with E-state index in [1.54, 1.807) is 30.2 Å². The van der Waals surface area contributed by atoms with Gasteiger partial charge in [0, 0.05) is 23.7 Å². The fraction of sp³-hybridized carbons (Fsp3) is 0.321. The minimum Gasteiger partial charge on any atom is -0.463 e. The number of benzene rings is 2. The number of hydrogen-bond donors (Lipinski definition) is 0. The Hall–Kier alpha value is -3.10. The Balaban J connectivity index is 1.84. The van der Waals surface area contributed by atoms with Crippen molar-refractivity contribution in [1.82, 2.24) is 4.57 Å². The fourth-order valence-electron chi connectivity index (χ4n) is 4.41. The van der Waals surface area contributed by atoms with Crippen molar-refractivity contribution in [1.29, 1.82) is 0 Å². The van der Waals surface area contributed by atoms with E-state index >= 15 is 0 Å². The Morgan fingerprint density at radius 2 is 1.78 bits per heavy atom. The molecular formula is C28H31N3O3S2.